The number of ether oxygens (including phenoxy) is 1. The fourth-order valence-electron chi connectivity index (χ4n) is 3.76. The third kappa shape index (κ3) is 4.17. The first-order valence-corrected chi connectivity index (χ1v) is 11.0. The molecule has 2 aliphatic rings. The summed E-state index contributed by atoms with van der Waals surface area (Å²) in [7, 11) is 0. The van der Waals surface area contributed by atoms with Gasteiger partial charge in [-0.05, 0) is 44.6 Å². The quantitative estimate of drug-likeness (QED) is 0.508. The van der Waals surface area contributed by atoms with Gasteiger partial charge in [0.05, 0.1) is 5.69 Å². The van der Waals surface area contributed by atoms with Gasteiger partial charge < -0.3 is 10.1 Å². The van der Waals surface area contributed by atoms with Gasteiger partial charge in [-0.3, -0.25) is 15.0 Å². The smallest absolute Gasteiger partial charge is 0.350 e. The largest absolute Gasteiger partial charge is 0.451 e. The van der Waals surface area contributed by atoms with Gasteiger partial charge in [0.25, 0.3) is 11.8 Å². The highest BCUT2D eigenvalue weighted by molar-refractivity contribution is 7.16. The predicted octanol–water partition coefficient (Wildman–Crippen LogP) is 1.60. The maximum Gasteiger partial charge on any atom is 0.350 e. The number of hydrogen-bond acceptors (Lipinski definition) is 9. The van der Waals surface area contributed by atoms with E-state index in [4.69, 9.17) is 4.74 Å². The number of hydrazine groups is 1. The summed E-state index contributed by atoms with van der Waals surface area (Å²) in [6.45, 7) is 3.08. The Balaban J connectivity index is 1.34. The number of nitrogens with zero attached hydrogens (tertiary/aromatic N) is 4. The van der Waals surface area contributed by atoms with Crippen LogP contribution in [-0.2, 0) is 14.3 Å². The molecule has 1 spiro atoms. The van der Waals surface area contributed by atoms with Crippen molar-refractivity contribution in [2.45, 2.75) is 45.1 Å². The van der Waals surface area contributed by atoms with Gasteiger partial charge in [-0.1, -0.05) is 6.92 Å². The Bertz CT molecular complexity index is 1060. The highest BCUT2D eigenvalue weighted by Crippen LogP contribution is 2.35. The van der Waals surface area contributed by atoms with Crippen molar-refractivity contribution in [3.63, 3.8) is 0 Å². The molecule has 4 rings (SSSR count). The molecule has 0 atom stereocenters. The highest BCUT2D eigenvalue weighted by Gasteiger charge is 2.52. The van der Waals surface area contributed by atoms with Crippen molar-refractivity contribution in [3.8, 4) is 10.8 Å². The zero-order chi connectivity index (χ0) is 22.9. The summed E-state index contributed by atoms with van der Waals surface area (Å²) in [6, 6.07) is 0.981. The summed E-state index contributed by atoms with van der Waals surface area (Å²) in [4.78, 5) is 62.4. The van der Waals surface area contributed by atoms with Crippen LogP contribution in [0.1, 0.15) is 48.0 Å². The first kappa shape index (κ1) is 21.8. The summed E-state index contributed by atoms with van der Waals surface area (Å²) in [5.74, 6) is -1.16. The Labute approximate surface area is 187 Å². The molecule has 0 unspecified atom stereocenters. The van der Waals surface area contributed by atoms with Crippen molar-refractivity contribution in [1.82, 2.24) is 30.7 Å². The number of aromatic nitrogens is 3. The molecule has 0 radical (unpaired) electrons. The molecule has 0 bridgehead atoms. The van der Waals surface area contributed by atoms with Crippen LogP contribution in [0.2, 0.25) is 0 Å². The molecular formula is C20H22N6O5S. The number of carbonyl (C=O) groups is 4. The number of aryl methyl sites for hydroxylation is 1. The van der Waals surface area contributed by atoms with Crippen LogP contribution in [0, 0.1) is 12.8 Å². The van der Waals surface area contributed by atoms with Gasteiger partial charge >= 0.3 is 12.0 Å². The molecule has 1 saturated heterocycles. The summed E-state index contributed by atoms with van der Waals surface area (Å²) < 4.78 is 5.06. The number of imide groups is 1. The minimum absolute atomic E-state index is 0.213. The molecule has 32 heavy (non-hydrogen) atoms. The van der Waals surface area contributed by atoms with Crippen molar-refractivity contribution < 1.29 is 23.9 Å². The molecule has 0 aromatic carbocycles. The molecule has 2 aromatic rings. The number of urea groups is 1. The monoisotopic (exact) mass is 458 g/mol. The summed E-state index contributed by atoms with van der Waals surface area (Å²) in [5.41, 5.74) is 1.69. The van der Waals surface area contributed by atoms with Gasteiger partial charge in [0, 0.05) is 12.4 Å². The van der Waals surface area contributed by atoms with Crippen LogP contribution in [0.15, 0.2) is 18.5 Å². The van der Waals surface area contributed by atoms with Gasteiger partial charge in [-0.15, -0.1) is 11.3 Å². The number of rotatable bonds is 5. The van der Waals surface area contributed by atoms with Crippen LogP contribution in [-0.4, -0.2) is 55.9 Å². The Morgan fingerprint density at radius 3 is 2.66 bits per heavy atom. The van der Waals surface area contributed by atoms with E-state index in [-0.39, 0.29) is 4.88 Å². The number of amides is 4. The maximum atomic E-state index is 12.8. The lowest BCUT2D eigenvalue weighted by atomic mass is 9.77. The Morgan fingerprint density at radius 1 is 1.28 bits per heavy atom. The number of thiazole rings is 1. The van der Waals surface area contributed by atoms with Crippen molar-refractivity contribution in [3.05, 3.63) is 29.0 Å². The molecule has 1 aliphatic carbocycles. The zero-order valence-corrected chi connectivity index (χ0v) is 18.4. The topological polar surface area (TPSA) is 143 Å². The standard InChI is InChI=1S/C20H22N6O5S/c1-11-4-6-20(7-5-11)18(29)26(19(30)24-20)25-13(27)10-31-17(28)14-12(2)23-16(32-14)15-21-8-3-9-22-15/h3,8-9,11H,4-7,10H2,1-2H3,(H,24,30)(H,25,27). The summed E-state index contributed by atoms with van der Waals surface area (Å²) >= 11 is 1.05. The average Bonchev–Trinajstić information content (AvgIpc) is 3.28. The number of hydrogen-bond donors (Lipinski definition) is 2. The highest BCUT2D eigenvalue weighted by atomic mass is 32.1. The van der Waals surface area contributed by atoms with Crippen LogP contribution in [0.4, 0.5) is 4.79 Å². The van der Waals surface area contributed by atoms with Gasteiger partial charge in [0.15, 0.2) is 17.4 Å². The zero-order valence-electron chi connectivity index (χ0n) is 17.6. The minimum Gasteiger partial charge on any atom is -0.451 e. The van der Waals surface area contributed by atoms with Crippen LogP contribution in [0.5, 0.6) is 0 Å². The minimum atomic E-state index is -0.969. The van der Waals surface area contributed by atoms with E-state index >= 15 is 0 Å². The molecule has 2 fully saturated rings. The Hall–Kier alpha value is -3.41. The lowest BCUT2D eigenvalue weighted by Crippen LogP contribution is -2.52. The Kier molecular flexibility index (Phi) is 5.87. The second-order valence-electron chi connectivity index (χ2n) is 7.95. The van der Waals surface area contributed by atoms with Crippen LogP contribution < -0.4 is 10.7 Å². The van der Waals surface area contributed by atoms with E-state index in [0.29, 0.717) is 40.3 Å². The number of carbonyl (C=O) groups excluding carboxylic acids is 4. The first-order chi connectivity index (χ1) is 15.3. The summed E-state index contributed by atoms with van der Waals surface area (Å²) in [5, 5.41) is 3.83. The molecular weight excluding hydrogens is 436 g/mol. The van der Waals surface area contributed by atoms with Crippen molar-refractivity contribution in [1.29, 1.82) is 0 Å². The maximum absolute atomic E-state index is 12.8. The Morgan fingerprint density at radius 2 is 1.97 bits per heavy atom. The van der Waals surface area contributed by atoms with Gasteiger partial charge in [0.1, 0.15) is 10.4 Å². The van der Waals surface area contributed by atoms with Crippen molar-refractivity contribution in [2.24, 2.45) is 5.92 Å². The molecule has 12 heteroatoms. The van der Waals surface area contributed by atoms with E-state index in [1.807, 2.05) is 0 Å². The van der Waals surface area contributed by atoms with Gasteiger partial charge in [0.2, 0.25) is 0 Å². The lowest BCUT2D eigenvalue weighted by Gasteiger charge is -2.33. The third-order valence-electron chi connectivity index (χ3n) is 5.60. The fraction of sp³-hybridized carbons (Fsp3) is 0.450. The fourth-order valence-corrected chi connectivity index (χ4v) is 4.67. The van der Waals surface area contributed by atoms with Crippen molar-refractivity contribution >= 4 is 35.2 Å². The van der Waals surface area contributed by atoms with Crippen LogP contribution in [0.3, 0.4) is 0 Å². The normalized spacial score (nSPS) is 22.7. The second kappa shape index (κ2) is 8.61. The first-order valence-electron chi connectivity index (χ1n) is 10.2. The third-order valence-corrected chi connectivity index (χ3v) is 6.73. The van der Waals surface area contributed by atoms with E-state index in [1.165, 1.54) is 0 Å². The molecule has 2 N–H and O–H groups in total. The van der Waals surface area contributed by atoms with E-state index < -0.39 is 36.0 Å². The predicted molar refractivity (Wildman–Crippen MR) is 112 cm³/mol. The summed E-state index contributed by atoms with van der Waals surface area (Å²) in [6.07, 6.45) is 5.81. The molecule has 3 heterocycles. The van der Waals surface area contributed by atoms with Crippen LogP contribution in [0.25, 0.3) is 10.8 Å². The van der Waals surface area contributed by atoms with E-state index in [2.05, 4.69) is 32.6 Å². The van der Waals surface area contributed by atoms with Gasteiger partial charge in [-0.25, -0.2) is 24.5 Å². The number of esters is 1. The number of nitrogens with one attached hydrogen (secondary N) is 2. The molecule has 4 amide bonds. The molecule has 11 nitrogen and oxygen atoms in total. The molecule has 1 aliphatic heterocycles. The second-order valence-corrected chi connectivity index (χ2v) is 8.95. The molecule has 1 saturated carbocycles. The van der Waals surface area contributed by atoms with E-state index in [0.717, 1.165) is 24.2 Å². The molecule has 2 aromatic heterocycles. The lowest BCUT2D eigenvalue weighted by molar-refractivity contribution is -0.141. The molecule has 168 valence electrons. The van der Waals surface area contributed by atoms with Gasteiger partial charge in [-0.2, -0.15) is 5.01 Å². The van der Waals surface area contributed by atoms with E-state index in [1.54, 1.807) is 25.4 Å². The van der Waals surface area contributed by atoms with Crippen LogP contribution >= 0.6 is 11.3 Å². The van der Waals surface area contributed by atoms with Crippen molar-refractivity contribution in [2.75, 3.05) is 6.61 Å². The SMILES string of the molecule is Cc1nc(-c2ncccn2)sc1C(=O)OCC(=O)NN1C(=O)NC2(CCC(C)CC2)C1=O. The average molecular weight is 459 g/mol. The van der Waals surface area contributed by atoms with E-state index in [9.17, 15) is 19.2 Å².